The SMILES string of the molecule is CC(=CCCCCCNCCN(C)C)C(=O)O. The molecule has 0 heterocycles. The molecule has 0 aliphatic rings. The van der Waals surface area contributed by atoms with Crippen LogP contribution >= 0.6 is 0 Å². The predicted molar refractivity (Wildman–Crippen MR) is 71.3 cm³/mol. The summed E-state index contributed by atoms with van der Waals surface area (Å²) in [6, 6.07) is 0. The van der Waals surface area contributed by atoms with E-state index in [4.69, 9.17) is 5.11 Å². The number of nitrogens with one attached hydrogen (secondary N) is 1. The average Bonchev–Trinajstić information content (AvgIpc) is 2.25. The highest BCUT2D eigenvalue weighted by atomic mass is 16.4. The van der Waals surface area contributed by atoms with Gasteiger partial charge in [0.25, 0.3) is 0 Å². The van der Waals surface area contributed by atoms with Crippen LogP contribution in [0.4, 0.5) is 0 Å². The Kier molecular flexibility index (Phi) is 9.77. The van der Waals surface area contributed by atoms with Crippen LogP contribution in [0.25, 0.3) is 0 Å². The summed E-state index contributed by atoms with van der Waals surface area (Å²) in [5.41, 5.74) is 0.453. The van der Waals surface area contributed by atoms with Gasteiger partial charge in [-0.05, 0) is 46.8 Å². The largest absolute Gasteiger partial charge is 0.478 e. The summed E-state index contributed by atoms with van der Waals surface area (Å²) in [7, 11) is 4.14. The Labute approximate surface area is 105 Å². The molecule has 0 aliphatic heterocycles. The van der Waals surface area contributed by atoms with Crippen molar-refractivity contribution >= 4 is 5.97 Å². The maximum Gasteiger partial charge on any atom is 0.330 e. The van der Waals surface area contributed by atoms with E-state index in [2.05, 4.69) is 24.3 Å². The van der Waals surface area contributed by atoms with E-state index in [9.17, 15) is 4.79 Å². The molecule has 0 aromatic heterocycles. The molecule has 4 nitrogen and oxygen atoms in total. The predicted octanol–water partition coefficient (Wildman–Crippen LogP) is 1.73. The van der Waals surface area contributed by atoms with Gasteiger partial charge in [0.2, 0.25) is 0 Å². The molecule has 0 saturated heterocycles. The lowest BCUT2D eigenvalue weighted by Gasteiger charge is -2.09. The van der Waals surface area contributed by atoms with Crippen molar-refractivity contribution in [3.8, 4) is 0 Å². The molecule has 100 valence electrons. The van der Waals surface area contributed by atoms with Crippen LogP contribution in [0.5, 0.6) is 0 Å². The van der Waals surface area contributed by atoms with Crippen LogP contribution in [0.3, 0.4) is 0 Å². The van der Waals surface area contributed by atoms with Crippen molar-refractivity contribution in [2.24, 2.45) is 0 Å². The number of likely N-dealkylation sites (N-methyl/N-ethyl adjacent to an activating group) is 1. The van der Waals surface area contributed by atoms with Crippen LogP contribution in [0.15, 0.2) is 11.6 Å². The molecule has 0 unspecified atom stereocenters. The van der Waals surface area contributed by atoms with E-state index in [1.54, 1.807) is 6.92 Å². The van der Waals surface area contributed by atoms with Crippen LogP contribution in [-0.4, -0.2) is 49.7 Å². The normalized spacial score (nSPS) is 12.1. The summed E-state index contributed by atoms with van der Waals surface area (Å²) in [6.45, 7) is 4.80. The van der Waals surface area contributed by atoms with Crippen LogP contribution < -0.4 is 5.32 Å². The molecule has 17 heavy (non-hydrogen) atoms. The number of nitrogens with zero attached hydrogens (tertiary/aromatic N) is 1. The summed E-state index contributed by atoms with van der Waals surface area (Å²) in [5, 5.41) is 12.0. The minimum absolute atomic E-state index is 0.453. The highest BCUT2D eigenvalue weighted by molar-refractivity contribution is 5.85. The van der Waals surface area contributed by atoms with E-state index >= 15 is 0 Å². The zero-order valence-electron chi connectivity index (χ0n) is 11.3. The first-order valence-corrected chi connectivity index (χ1v) is 6.29. The van der Waals surface area contributed by atoms with Gasteiger partial charge in [-0.3, -0.25) is 0 Å². The molecule has 4 heteroatoms. The lowest BCUT2D eigenvalue weighted by Crippen LogP contribution is -2.27. The van der Waals surface area contributed by atoms with Crippen LogP contribution in [0.2, 0.25) is 0 Å². The van der Waals surface area contributed by atoms with E-state index in [0.29, 0.717) is 5.57 Å². The number of aliphatic carboxylic acids is 1. The van der Waals surface area contributed by atoms with E-state index in [1.807, 2.05) is 6.08 Å². The second kappa shape index (κ2) is 10.3. The first-order chi connectivity index (χ1) is 8.04. The number of allylic oxidation sites excluding steroid dienone is 1. The number of carboxylic acid groups (broad SMARTS) is 1. The van der Waals surface area contributed by atoms with Crippen molar-refractivity contribution in [3.63, 3.8) is 0 Å². The zero-order valence-corrected chi connectivity index (χ0v) is 11.3. The van der Waals surface area contributed by atoms with Crippen LogP contribution in [0, 0.1) is 0 Å². The van der Waals surface area contributed by atoms with Gasteiger partial charge in [0, 0.05) is 18.7 Å². The molecule has 2 N–H and O–H groups in total. The molecule has 0 spiro atoms. The Morgan fingerprint density at radius 1 is 1.24 bits per heavy atom. The number of carboxylic acids is 1. The molecule has 0 aliphatic carbocycles. The lowest BCUT2D eigenvalue weighted by molar-refractivity contribution is -0.132. The number of unbranched alkanes of at least 4 members (excludes halogenated alkanes) is 3. The molecule has 0 fully saturated rings. The maximum absolute atomic E-state index is 10.5. The Hall–Kier alpha value is -0.870. The third kappa shape index (κ3) is 11.4. The Balaban J connectivity index is 3.24. The summed E-state index contributed by atoms with van der Waals surface area (Å²) in [5.74, 6) is -0.810. The van der Waals surface area contributed by atoms with Crippen molar-refractivity contribution in [2.45, 2.75) is 32.6 Å². The van der Waals surface area contributed by atoms with Crippen LogP contribution in [0.1, 0.15) is 32.6 Å². The molecule has 0 aromatic rings. The highest BCUT2D eigenvalue weighted by Crippen LogP contribution is 2.03. The minimum atomic E-state index is -0.810. The minimum Gasteiger partial charge on any atom is -0.478 e. The summed E-state index contributed by atoms with van der Waals surface area (Å²) in [4.78, 5) is 12.7. The van der Waals surface area contributed by atoms with Crippen molar-refractivity contribution in [3.05, 3.63) is 11.6 Å². The standard InChI is InChI=1S/C13H26N2O2/c1-12(13(16)17)8-6-4-5-7-9-14-10-11-15(2)3/h8,14H,4-7,9-11H2,1-3H3,(H,16,17). The van der Waals surface area contributed by atoms with Crippen molar-refractivity contribution in [2.75, 3.05) is 33.7 Å². The number of rotatable bonds is 10. The summed E-state index contributed by atoms with van der Waals surface area (Å²) in [6.07, 6.45) is 6.06. The van der Waals surface area contributed by atoms with E-state index < -0.39 is 5.97 Å². The third-order valence-corrected chi connectivity index (χ3v) is 2.58. The van der Waals surface area contributed by atoms with Crippen molar-refractivity contribution in [1.82, 2.24) is 10.2 Å². The topological polar surface area (TPSA) is 52.6 Å². The van der Waals surface area contributed by atoms with Gasteiger partial charge in [-0.1, -0.05) is 12.5 Å². The lowest BCUT2D eigenvalue weighted by atomic mass is 10.1. The number of hydrogen-bond donors (Lipinski definition) is 2. The summed E-state index contributed by atoms with van der Waals surface area (Å²) >= 11 is 0. The van der Waals surface area contributed by atoms with Gasteiger partial charge in [0.05, 0.1) is 0 Å². The third-order valence-electron chi connectivity index (χ3n) is 2.58. The number of hydrogen-bond acceptors (Lipinski definition) is 3. The van der Waals surface area contributed by atoms with Gasteiger partial charge < -0.3 is 15.3 Å². The molecule has 0 bridgehead atoms. The molecule has 0 radical (unpaired) electrons. The van der Waals surface area contributed by atoms with Gasteiger partial charge >= 0.3 is 5.97 Å². The molecule has 0 atom stereocenters. The molecule has 0 aromatic carbocycles. The van der Waals surface area contributed by atoms with Crippen molar-refractivity contribution < 1.29 is 9.90 Å². The fourth-order valence-corrected chi connectivity index (χ4v) is 1.40. The zero-order chi connectivity index (χ0) is 13.1. The molecule has 0 saturated carbocycles. The molecule has 0 amide bonds. The molecule has 0 rings (SSSR count). The second-order valence-electron chi connectivity index (χ2n) is 4.59. The van der Waals surface area contributed by atoms with Gasteiger partial charge in [-0.15, -0.1) is 0 Å². The fraction of sp³-hybridized carbons (Fsp3) is 0.769. The van der Waals surface area contributed by atoms with E-state index in [0.717, 1.165) is 45.3 Å². The van der Waals surface area contributed by atoms with Gasteiger partial charge in [0.1, 0.15) is 0 Å². The Morgan fingerprint density at radius 2 is 1.94 bits per heavy atom. The Bertz CT molecular complexity index is 238. The Morgan fingerprint density at radius 3 is 2.53 bits per heavy atom. The molecular formula is C13H26N2O2. The van der Waals surface area contributed by atoms with Gasteiger partial charge in [-0.25, -0.2) is 4.79 Å². The van der Waals surface area contributed by atoms with E-state index in [-0.39, 0.29) is 0 Å². The quantitative estimate of drug-likeness (QED) is 0.452. The van der Waals surface area contributed by atoms with Crippen molar-refractivity contribution in [1.29, 1.82) is 0 Å². The van der Waals surface area contributed by atoms with Gasteiger partial charge in [0.15, 0.2) is 0 Å². The first-order valence-electron chi connectivity index (χ1n) is 6.29. The smallest absolute Gasteiger partial charge is 0.330 e. The van der Waals surface area contributed by atoms with Crippen LogP contribution in [-0.2, 0) is 4.79 Å². The molecular weight excluding hydrogens is 216 g/mol. The van der Waals surface area contributed by atoms with E-state index in [1.165, 1.54) is 0 Å². The van der Waals surface area contributed by atoms with Gasteiger partial charge in [-0.2, -0.15) is 0 Å². The fourth-order valence-electron chi connectivity index (χ4n) is 1.40. The summed E-state index contributed by atoms with van der Waals surface area (Å²) < 4.78 is 0. The maximum atomic E-state index is 10.5. The monoisotopic (exact) mass is 242 g/mol. The number of carbonyl (C=O) groups is 1. The second-order valence-corrected chi connectivity index (χ2v) is 4.59. The average molecular weight is 242 g/mol. The first kappa shape index (κ1) is 16.1. The highest BCUT2D eigenvalue weighted by Gasteiger charge is 1.97.